The number of sulfonamides is 1. The van der Waals surface area contributed by atoms with Crippen molar-refractivity contribution in [3.05, 3.63) is 92.6 Å². The van der Waals surface area contributed by atoms with Crippen LogP contribution >= 0.6 is 39.1 Å². The molecule has 3 aromatic rings. The topological polar surface area (TPSA) is 66.5 Å². The number of nitrogens with zero attached hydrogens (tertiary/aromatic N) is 1. The molecule has 1 amide bonds. The molecule has 0 saturated heterocycles. The van der Waals surface area contributed by atoms with Gasteiger partial charge in [-0.25, -0.2) is 12.8 Å². The van der Waals surface area contributed by atoms with Crippen molar-refractivity contribution in [3.8, 4) is 0 Å². The Morgan fingerprint density at radius 2 is 1.74 bits per heavy atom. The Bertz CT molecular complexity index is 1210. The molecule has 0 saturated carbocycles. The molecule has 0 atom stereocenters. The van der Waals surface area contributed by atoms with Gasteiger partial charge in [0, 0.05) is 21.1 Å². The zero-order valence-corrected chi connectivity index (χ0v) is 19.8. The average Bonchev–Trinajstić information content (AvgIpc) is 2.72. The SMILES string of the molecule is O=C(CN(Cc1ccc(Cl)cc1Cl)S(=O)(=O)c1ccccc1)Nc1ccc(Br)cc1F. The summed E-state index contributed by atoms with van der Waals surface area (Å²) in [6, 6.07) is 16.5. The fraction of sp³-hybridized carbons (Fsp3) is 0.0952. The third-order valence-corrected chi connectivity index (χ3v) is 7.15. The summed E-state index contributed by atoms with van der Waals surface area (Å²) in [5, 5.41) is 3.07. The lowest BCUT2D eigenvalue weighted by atomic mass is 10.2. The first-order valence-electron chi connectivity index (χ1n) is 8.91. The lowest BCUT2D eigenvalue weighted by Gasteiger charge is -2.22. The molecule has 0 radical (unpaired) electrons. The second-order valence-corrected chi connectivity index (χ2v) is 10.2. The normalized spacial score (nSPS) is 11.5. The number of carbonyl (C=O) groups is 1. The molecular formula is C21H16BrCl2FN2O3S. The van der Waals surface area contributed by atoms with Gasteiger partial charge in [-0.3, -0.25) is 4.79 Å². The van der Waals surface area contributed by atoms with Crippen LogP contribution in [-0.2, 0) is 21.4 Å². The van der Waals surface area contributed by atoms with Gasteiger partial charge in [0.15, 0.2) is 0 Å². The van der Waals surface area contributed by atoms with Crippen LogP contribution in [0.25, 0.3) is 0 Å². The van der Waals surface area contributed by atoms with Crippen molar-refractivity contribution in [1.29, 1.82) is 0 Å². The third-order valence-electron chi connectivity index (χ3n) is 4.27. The maximum absolute atomic E-state index is 14.1. The first kappa shape index (κ1) is 23.7. The Kier molecular flexibility index (Phi) is 7.72. The molecule has 0 aliphatic rings. The number of rotatable bonds is 7. The van der Waals surface area contributed by atoms with Gasteiger partial charge in [0.1, 0.15) is 5.82 Å². The Hall–Kier alpha value is -1.97. The van der Waals surface area contributed by atoms with Gasteiger partial charge >= 0.3 is 0 Å². The van der Waals surface area contributed by atoms with E-state index in [-0.39, 0.29) is 22.2 Å². The number of hydrogen-bond acceptors (Lipinski definition) is 3. The lowest BCUT2D eigenvalue weighted by Crippen LogP contribution is -2.37. The predicted octanol–water partition coefficient (Wildman–Crippen LogP) is 5.72. The average molecular weight is 546 g/mol. The summed E-state index contributed by atoms with van der Waals surface area (Å²) in [5.74, 6) is -1.35. The van der Waals surface area contributed by atoms with E-state index in [0.29, 0.717) is 15.1 Å². The number of amides is 1. The third kappa shape index (κ3) is 6.05. The van der Waals surface area contributed by atoms with E-state index in [1.165, 1.54) is 30.3 Å². The summed E-state index contributed by atoms with van der Waals surface area (Å²) in [6.07, 6.45) is 0. The fourth-order valence-corrected chi connectivity index (χ4v) is 4.94. The van der Waals surface area contributed by atoms with Gasteiger partial charge in [-0.15, -0.1) is 0 Å². The van der Waals surface area contributed by atoms with Crippen LogP contribution in [0, 0.1) is 5.82 Å². The highest BCUT2D eigenvalue weighted by molar-refractivity contribution is 9.10. The van der Waals surface area contributed by atoms with Crippen LogP contribution < -0.4 is 5.32 Å². The number of anilines is 1. The summed E-state index contributed by atoms with van der Waals surface area (Å²) in [4.78, 5) is 12.6. The molecule has 3 aromatic carbocycles. The van der Waals surface area contributed by atoms with Crippen molar-refractivity contribution in [3.63, 3.8) is 0 Å². The second kappa shape index (κ2) is 10.1. The number of carbonyl (C=O) groups excluding carboxylic acids is 1. The van der Waals surface area contributed by atoms with Crippen molar-refractivity contribution < 1.29 is 17.6 Å². The zero-order chi connectivity index (χ0) is 22.6. The van der Waals surface area contributed by atoms with Gasteiger partial charge in [0.2, 0.25) is 15.9 Å². The molecule has 0 aliphatic carbocycles. The zero-order valence-electron chi connectivity index (χ0n) is 15.9. The van der Waals surface area contributed by atoms with Crippen molar-refractivity contribution in [2.75, 3.05) is 11.9 Å². The van der Waals surface area contributed by atoms with Crippen LogP contribution in [0.4, 0.5) is 10.1 Å². The molecule has 5 nitrogen and oxygen atoms in total. The minimum atomic E-state index is -4.05. The highest BCUT2D eigenvalue weighted by Crippen LogP contribution is 2.25. The highest BCUT2D eigenvalue weighted by Gasteiger charge is 2.27. The van der Waals surface area contributed by atoms with Crippen LogP contribution in [0.1, 0.15) is 5.56 Å². The highest BCUT2D eigenvalue weighted by atomic mass is 79.9. The monoisotopic (exact) mass is 544 g/mol. The van der Waals surface area contributed by atoms with Crippen molar-refractivity contribution >= 4 is 60.7 Å². The van der Waals surface area contributed by atoms with E-state index in [1.54, 1.807) is 36.4 Å². The molecule has 3 rings (SSSR count). The van der Waals surface area contributed by atoms with Crippen molar-refractivity contribution in [1.82, 2.24) is 4.31 Å². The molecule has 0 unspecified atom stereocenters. The van der Waals surface area contributed by atoms with E-state index < -0.39 is 28.3 Å². The van der Waals surface area contributed by atoms with E-state index in [2.05, 4.69) is 21.2 Å². The maximum atomic E-state index is 14.1. The molecule has 0 aromatic heterocycles. The van der Waals surface area contributed by atoms with E-state index >= 15 is 0 Å². The largest absolute Gasteiger partial charge is 0.322 e. The molecule has 0 fully saturated rings. The Labute approximate surface area is 198 Å². The summed E-state index contributed by atoms with van der Waals surface area (Å²) < 4.78 is 42.0. The summed E-state index contributed by atoms with van der Waals surface area (Å²) in [6.45, 7) is -0.727. The minimum Gasteiger partial charge on any atom is -0.322 e. The Balaban J connectivity index is 1.90. The number of hydrogen-bond donors (Lipinski definition) is 1. The Morgan fingerprint density at radius 1 is 1.03 bits per heavy atom. The summed E-state index contributed by atoms with van der Waals surface area (Å²) in [5.41, 5.74) is 0.406. The van der Waals surface area contributed by atoms with E-state index in [4.69, 9.17) is 23.2 Å². The molecule has 0 bridgehead atoms. The van der Waals surface area contributed by atoms with E-state index in [1.807, 2.05) is 0 Å². The summed E-state index contributed by atoms with van der Waals surface area (Å²) in [7, 11) is -4.05. The van der Waals surface area contributed by atoms with Crippen LogP contribution in [0.3, 0.4) is 0 Å². The lowest BCUT2D eigenvalue weighted by molar-refractivity contribution is -0.116. The van der Waals surface area contributed by atoms with Gasteiger partial charge in [0.25, 0.3) is 0 Å². The minimum absolute atomic E-state index is 0.0164. The van der Waals surface area contributed by atoms with Crippen LogP contribution in [-0.4, -0.2) is 25.2 Å². The molecule has 0 aliphatic heterocycles. The van der Waals surface area contributed by atoms with Gasteiger partial charge in [0.05, 0.1) is 17.1 Å². The molecule has 0 heterocycles. The van der Waals surface area contributed by atoms with Gasteiger partial charge in [-0.1, -0.05) is 63.4 Å². The number of nitrogens with one attached hydrogen (secondary N) is 1. The van der Waals surface area contributed by atoms with E-state index in [0.717, 1.165) is 4.31 Å². The smallest absolute Gasteiger partial charge is 0.243 e. The van der Waals surface area contributed by atoms with Gasteiger partial charge in [-0.2, -0.15) is 4.31 Å². The molecule has 31 heavy (non-hydrogen) atoms. The fourth-order valence-electron chi connectivity index (χ4n) is 2.75. The summed E-state index contributed by atoms with van der Waals surface area (Å²) >= 11 is 15.3. The van der Waals surface area contributed by atoms with Crippen LogP contribution in [0.2, 0.25) is 10.0 Å². The van der Waals surface area contributed by atoms with E-state index in [9.17, 15) is 17.6 Å². The molecular weight excluding hydrogens is 530 g/mol. The first-order chi connectivity index (χ1) is 14.7. The van der Waals surface area contributed by atoms with Crippen LogP contribution in [0.15, 0.2) is 76.1 Å². The standard InChI is InChI=1S/C21H16BrCl2FN2O3S/c22-15-7-9-20(19(25)10-15)26-21(28)13-27(12-14-6-8-16(23)11-18(14)24)31(29,30)17-4-2-1-3-5-17/h1-11H,12-13H2,(H,26,28). The van der Waals surface area contributed by atoms with Gasteiger partial charge in [-0.05, 0) is 48.0 Å². The predicted molar refractivity (Wildman–Crippen MR) is 123 cm³/mol. The molecule has 10 heteroatoms. The van der Waals surface area contributed by atoms with Crippen molar-refractivity contribution in [2.45, 2.75) is 11.4 Å². The number of benzene rings is 3. The number of halogens is 4. The molecule has 1 N–H and O–H groups in total. The second-order valence-electron chi connectivity index (χ2n) is 6.49. The first-order valence-corrected chi connectivity index (χ1v) is 11.9. The maximum Gasteiger partial charge on any atom is 0.243 e. The Morgan fingerprint density at radius 3 is 2.39 bits per heavy atom. The van der Waals surface area contributed by atoms with Gasteiger partial charge < -0.3 is 5.32 Å². The van der Waals surface area contributed by atoms with Crippen LogP contribution in [0.5, 0.6) is 0 Å². The molecule has 162 valence electrons. The quantitative estimate of drug-likeness (QED) is 0.412. The van der Waals surface area contributed by atoms with Crippen molar-refractivity contribution in [2.24, 2.45) is 0 Å². The molecule has 0 spiro atoms.